The highest BCUT2D eigenvalue weighted by Gasteiger charge is 2.21. The average Bonchev–Trinajstić information content (AvgIpc) is 2.37. The Morgan fingerprint density at radius 3 is 3.00 bits per heavy atom. The summed E-state index contributed by atoms with van der Waals surface area (Å²) in [6.07, 6.45) is -0.0966. The van der Waals surface area contributed by atoms with E-state index in [1.807, 2.05) is 7.05 Å². The zero-order chi connectivity index (χ0) is 13.9. The summed E-state index contributed by atoms with van der Waals surface area (Å²) in [4.78, 5) is 2.38. The summed E-state index contributed by atoms with van der Waals surface area (Å²) in [5, 5.41) is 0. The molecule has 2 rings (SSSR count). The minimum atomic E-state index is -3.48. The van der Waals surface area contributed by atoms with E-state index in [1.165, 1.54) is 0 Å². The summed E-state index contributed by atoms with van der Waals surface area (Å²) in [6.45, 7) is 2.55. The topological polar surface area (TPSA) is 58.6 Å². The summed E-state index contributed by atoms with van der Waals surface area (Å²) in [6, 6.07) is 6.64. The van der Waals surface area contributed by atoms with Crippen LogP contribution >= 0.6 is 15.9 Å². The van der Waals surface area contributed by atoms with E-state index in [9.17, 15) is 8.42 Å². The van der Waals surface area contributed by atoms with Gasteiger partial charge in [0, 0.05) is 24.1 Å². The van der Waals surface area contributed by atoms with Gasteiger partial charge < -0.3 is 9.64 Å². The monoisotopic (exact) mass is 348 g/mol. The van der Waals surface area contributed by atoms with Gasteiger partial charge in [-0.1, -0.05) is 22.0 Å². The second-order valence-corrected chi connectivity index (χ2v) is 7.25. The molecule has 7 heteroatoms. The molecule has 0 amide bonds. The van der Waals surface area contributed by atoms with Gasteiger partial charge in [-0.25, -0.2) is 13.1 Å². The van der Waals surface area contributed by atoms with E-state index < -0.39 is 10.0 Å². The van der Waals surface area contributed by atoms with Crippen LogP contribution in [0.25, 0.3) is 0 Å². The summed E-state index contributed by atoms with van der Waals surface area (Å²) in [5.74, 6) is 0. The van der Waals surface area contributed by atoms with Gasteiger partial charge in [0.2, 0.25) is 10.0 Å². The fourth-order valence-electron chi connectivity index (χ4n) is 1.91. The molecule has 1 unspecified atom stereocenters. The largest absolute Gasteiger partial charge is 0.374 e. The molecule has 19 heavy (non-hydrogen) atoms. The number of hydrogen-bond donors (Lipinski definition) is 1. The number of morpholine rings is 1. The van der Waals surface area contributed by atoms with Crippen LogP contribution in [0, 0.1) is 0 Å². The molecule has 1 aliphatic heterocycles. The molecule has 1 aromatic rings. The normalized spacial score (nSPS) is 21.5. The van der Waals surface area contributed by atoms with Gasteiger partial charge in [-0.15, -0.1) is 0 Å². The molecule has 1 N–H and O–H groups in total. The molecule has 0 bridgehead atoms. The van der Waals surface area contributed by atoms with Gasteiger partial charge >= 0.3 is 0 Å². The van der Waals surface area contributed by atoms with Crippen molar-refractivity contribution in [1.82, 2.24) is 9.62 Å². The predicted octanol–water partition coefficient (Wildman–Crippen LogP) is 1.06. The number of ether oxygens (including phenoxy) is 1. The third-order valence-electron chi connectivity index (χ3n) is 2.95. The lowest BCUT2D eigenvalue weighted by Gasteiger charge is -2.30. The van der Waals surface area contributed by atoms with Crippen LogP contribution in [0.15, 0.2) is 33.6 Å². The van der Waals surface area contributed by atoms with Crippen molar-refractivity contribution in [2.24, 2.45) is 0 Å². The van der Waals surface area contributed by atoms with Crippen LogP contribution in [-0.2, 0) is 14.8 Å². The minimum Gasteiger partial charge on any atom is -0.374 e. The van der Waals surface area contributed by atoms with Crippen molar-refractivity contribution in [3.05, 3.63) is 28.7 Å². The van der Waals surface area contributed by atoms with Crippen LogP contribution < -0.4 is 4.72 Å². The van der Waals surface area contributed by atoms with Gasteiger partial charge in [0.05, 0.1) is 17.6 Å². The molecule has 0 aliphatic carbocycles. The van der Waals surface area contributed by atoms with Crippen LogP contribution in [0.1, 0.15) is 0 Å². The number of sulfonamides is 1. The molecule has 1 aromatic carbocycles. The van der Waals surface area contributed by atoms with E-state index in [0.717, 1.165) is 17.6 Å². The zero-order valence-electron chi connectivity index (χ0n) is 10.7. The lowest BCUT2D eigenvalue weighted by Crippen LogP contribution is -2.45. The van der Waals surface area contributed by atoms with Crippen molar-refractivity contribution in [1.29, 1.82) is 0 Å². The molecule has 0 saturated carbocycles. The molecular weight excluding hydrogens is 332 g/mol. The smallest absolute Gasteiger partial charge is 0.240 e. The first-order valence-corrected chi connectivity index (χ1v) is 8.30. The van der Waals surface area contributed by atoms with Gasteiger partial charge in [0.15, 0.2) is 0 Å². The Hall–Kier alpha value is -0.470. The first-order chi connectivity index (χ1) is 8.97. The van der Waals surface area contributed by atoms with Crippen molar-refractivity contribution in [3.8, 4) is 0 Å². The highest BCUT2D eigenvalue weighted by Crippen LogP contribution is 2.16. The lowest BCUT2D eigenvalue weighted by atomic mass is 10.3. The first kappa shape index (κ1) is 14.9. The number of likely N-dealkylation sites (N-methyl/N-ethyl adjacent to an activating group) is 1. The molecule has 1 saturated heterocycles. The highest BCUT2D eigenvalue weighted by atomic mass is 79.9. The van der Waals surface area contributed by atoms with E-state index in [2.05, 4.69) is 25.6 Å². The molecular formula is C12H17BrN2O3S. The van der Waals surface area contributed by atoms with Crippen molar-refractivity contribution in [2.45, 2.75) is 11.0 Å². The van der Waals surface area contributed by atoms with E-state index in [-0.39, 0.29) is 11.0 Å². The summed E-state index contributed by atoms with van der Waals surface area (Å²) in [7, 11) is -1.48. The van der Waals surface area contributed by atoms with Crippen LogP contribution in [0.2, 0.25) is 0 Å². The number of nitrogens with zero attached hydrogens (tertiary/aromatic N) is 1. The maximum Gasteiger partial charge on any atom is 0.240 e. The maximum atomic E-state index is 12.1. The Bertz CT molecular complexity index is 536. The second-order valence-electron chi connectivity index (χ2n) is 4.56. The van der Waals surface area contributed by atoms with E-state index in [4.69, 9.17) is 4.74 Å². The van der Waals surface area contributed by atoms with Crippen LogP contribution in [0.5, 0.6) is 0 Å². The molecule has 0 aromatic heterocycles. The molecule has 1 fully saturated rings. The molecule has 5 nitrogen and oxygen atoms in total. The molecule has 0 radical (unpaired) electrons. The number of nitrogens with one attached hydrogen (secondary N) is 1. The van der Waals surface area contributed by atoms with Crippen molar-refractivity contribution >= 4 is 26.0 Å². The van der Waals surface area contributed by atoms with E-state index in [0.29, 0.717) is 13.2 Å². The van der Waals surface area contributed by atoms with E-state index >= 15 is 0 Å². The Morgan fingerprint density at radius 1 is 1.53 bits per heavy atom. The fourth-order valence-corrected chi connectivity index (χ4v) is 3.57. The maximum absolute atomic E-state index is 12.1. The fraction of sp³-hybridized carbons (Fsp3) is 0.500. The lowest BCUT2D eigenvalue weighted by molar-refractivity contribution is -0.0156. The molecule has 1 aliphatic rings. The molecule has 106 valence electrons. The van der Waals surface area contributed by atoms with Gasteiger partial charge in [0.25, 0.3) is 0 Å². The van der Waals surface area contributed by atoms with Gasteiger partial charge in [-0.2, -0.15) is 0 Å². The Labute approximate surface area is 122 Å². The molecule has 0 spiro atoms. The third-order valence-corrected chi connectivity index (χ3v) is 4.86. The summed E-state index contributed by atoms with van der Waals surface area (Å²) >= 11 is 3.27. The highest BCUT2D eigenvalue weighted by molar-refractivity contribution is 9.10. The number of halogens is 1. The van der Waals surface area contributed by atoms with E-state index in [1.54, 1.807) is 24.3 Å². The van der Waals surface area contributed by atoms with Gasteiger partial charge in [0.1, 0.15) is 0 Å². The standard InChI is InChI=1S/C12H17BrN2O3S/c1-15-5-6-18-11(9-15)8-14-19(16,17)12-4-2-3-10(13)7-12/h2-4,7,11,14H,5-6,8-9H2,1H3. The quantitative estimate of drug-likeness (QED) is 0.883. The summed E-state index contributed by atoms with van der Waals surface area (Å²) in [5.41, 5.74) is 0. The zero-order valence-corrected chi connectivity index (χ0v) is 13.1. The first-order valence-electron chi connectivity index (χ1n) is 6.03. The van der Waals surface area contributed by atoms with Crippen LogP contribution in [0.3, 0.4) is 0 Å². The van der Waals surface area contributed by atoms with Crippen molar-refractivity contribution in [3.63, 3.8) is 0 Å². The minimum absolute atomic E-state index is 0.0966. The van der Waals surface area contributed by atoms with Crippen LogP contribution in [-0.4, -0.2) is 52.7 Å². The third kappa shape index (κ3) is 4.25. The van der Waals surface area contributed by atoms with Crippen LogP contribution in [0.4, 0.5) is 0 Å². The Kier molecular flexibility index (Phi) is 4.97. The van der Waals surface area contributed by atoms with Gasteiger partial charge in [-0.3, -0.25) is 0 Å². The molecule has 1 atom stereocenters. The molecule has 1 heterocycles. The number of hydrogen-bond acceptors (Lipinski definition) is 4. The second kappa shape index (κ2) is 6.32. The van der Waals surface area contributed by atoms with Gasteiger partial charge in [-0.05, 0) is 25.2 Å². The SMILES string of the molecule is CN1CCOC(CNS(=O)(=O)c2cccc(Br)c2)C1. The number of benzene rings is 1. The van der Waals surface area contributed by atoms with Crippen molar-refractivity contribution < 1.29 is 13.2 Å². The number of rotatable bonds is 4. The average molecular weight is 349 g/mol. The summed E-state index contributed by atoms with van der Waals surface area (Å²) < 4.78 is 33.1. The Balaban J connectivity index is 1.98. The van der Waals surface area contributed by atoms with Crippen molar-refractivity contribution in [2.75, 3.05) is 33.3 Å². The Morgan fingerprint density at radius 2 is 2.32 bits per heavy atom. The predicted molar refractivity (Wildman–Crippen MR) is 76.6 cm³/mol.